The van der Waals surface area contributed by atoms with E-state index in [4.69, 9.17) is 5.73 Å². The molecule has 1 atom stereocenters. The Bertz CT molecular complexity index is 860. The lowest BCUT2D eigenvalue weighted by molar-refractivity contribution is -0.130. The Morgan fingerprint density at radius 2 is 1.85 bits per heavy atom. The molecular formula is C19H23N5O2. The zero-order valence-corrected chi connectivity index (χ0v) is 14.9. The van der Waals surface area contributed by atoms with Gasteiger partial charge in [0.25, 0.3) is 0 Å². The summed E-state index contributed by atoms with van der Waals surface area (Å²) in [6.45, 7) is 4.07. The molecule has 0 spiro atoms. The fraction of sp³-hybridized carbons (Fsp3) is 0.474. The van der Waals surface area contributed by atoms with Crippen molar-refractivity contribution < 1.29 is 9.59 Å². The summed E-state index contributed by atoms with van der Waals surface area (Å²) in [5, 5.41) is 11.0. The van der Waals surface area contributed by atoms with Crippen LogP contribution >= 0.6 is 0 Å². The van der Waals surface area contributed by atoms with Crippen LogP contribution in [0.15, 0.2) is 24.3 Å². The summed E-state index contributed by atoms with van der Waals surface area (Å²) in [5.74, 6) is 0.243. The molecule has 26 heavy (non-hydrogen) atoms. The Morgan fingerprint density at radius 3 is 2.50 bits per heavy atom. The molecule has 2 saturated heterocycles. The monoisotopic (exact) mass is 353 g/mol. The van der Waals surface area contributed by atoms with Crippen molar-refractivity contribution in [2.75, 3.05) is 24.5 Å². The number of primary amides is 1. The zero-order chi connectivity index (χ0) is 18.3. The van der Waals surface area contributed by atoms with E-state index in [-0.39, 0.29) is 30.2 Å². The highest BCUT2D eigenvalue weighted by molar-refractivity contribution is 5.93. The average molecular weight is 353 g/mol. The SMILES string of the molecule is Cc1nnc(N2CCC(N3CC(C(N)=O)CC3=O)CC2)c2ccccc12. The lowest BCUT2D eigenvalue weighted by Crippen LogP contribution is -2.46. The summed E-state index contributed by atoms with van der Waals surface area (Å²) in [6, 6.07) is 8.36. The maximum Gasteiger partial charge on any atom is 0.223 e. The fourth-order valence-electron chi connectivity index (χ4n) is 4.12. The standard InChI is InChI=1S/C19H23N5O2/c1-12-15-4-2-3-5-16(15)19(22-21-12)23-8-6-14(7-9-23)24-11-13(18(20)26)10-17(24)25/h2-5,13-14H,6-11H2,1H3,(H2,20,26). The molecule has 2 N–H and O–H groups in total. The number of rotatable bonds is 3. The van der Waals surface area contributed by atoms with Gasteiger partial charge in [-0.2, -0.15) is 5.10 Å². The van der Waals surface area contributed by atoms with E-state index in [1.54, 1.807) is 0 Å². The Kier molecular flexibility index (Phi) is 4.22. The smallest absolute Gasteiger partial charge is 0.223 e. The predicted octanol–water partition coefficient (Wildman–Crippen LogP) is 1.24. The van der Waals surface area contributed by atoms with Crippen molar-refractivity contribution in [2.24, 2.45) is 11.7 Å². The zero-order valence-electron chi connectivity index (χ0n) is 14.9. The van der Waals surface area contributed by atoms with Gasteiger partial charge in [-0.15, -0.1) is 5.10 Å². The Balaban J connectivity index is 1.49. The van der Waals surface area contributed by atoms with Crippen LogP contribution in [-0.4, -0.2) is 52.6 Å². The average Bonchev–Trinajstić information content (AvgIpc) is 3.05. The number of carbonyl (C=O) groups excluding carboxylic acids is 2. The molecule has 2 aliphatic heterocycles. The van der Waals surface area contributed by atoms with Gasteiger partial charge in [0.1, 0.15) is 0 Å². The molecule has 2 aliphatic rings. The Morgan fingerprint density at radius 1 is 1.15 bits per heavy atom. The second-order valence-corrected chi connectivity index (χ2v) is 7.22. The molecule has 1 aromatic heterocycles. The summed E-state index contributed by atoms with van der Waals surface area (Å²) in [6.07, 6.45) is 1.98. The number of anilines is 1. The fourth-order valence-corrected chi connectivity index (χ4v) is 4.12. The van der Waals surface area contributed by atoms with Gasteiger partial charge in [-0.3, -0.25) is 9.59 Å². The summed E-state index contributed by atoms with van der Waals surface area (Å²) in [7, 11) is 0. The molecule has 0 saturated carbocycles. The van der Waals surface area contributed by atoms with E-state index >= 15 is 0 Å². The molecule has 7 heteroatoms. The van der Waals surface area contributed by atoms with Gasteiger partial charge in [-0.25, -0.2) is 0 Å². The van der Waals surface area contributed by atoms with Crippen LogP contribution in [0.2, 0.25) is 0 Å². The minimum atomic E-state index is -0.375. The Labute approximate surface area is 152 Å². The topological polar surface area (TPSA) is 92.4 Å². The molecule has 136 valence electrons. The number of nitrogens with two attached hydrogens (primary N) is 1. The third-order valence-electron chi connectivity index (χ3n) is 5.62. The quantitative estimate of drug-likeness (QED) is 0.896. The maximum atomic E-state index is 12.2. The van der Waals surface area contributed by atoms with Crippen LogP contribution in [0.1, 0.15) is 25.0 Å². The molecule has 7 nitrogen and oxygen atoms in total. The number of nitrogens with zero attached hydrogens (tertiary/aromatic N) is 4. The first-order valence-corrected chi connectivity index (χ1v) is 9.10. The molecule has 2 aromatic rings. The van der Waals surface area contributed by atoms with Crippen molar-refractivity contribution in [3.05, 3.63) is 30.0 Å². The number of hydrogen-bond donors (Lipinski definition) is 1. The lowest BCUT2D eigenvalue weighted by Gasteiger charge is -2.37. The number of amides is 2. The molecule has 0 radical (unpaired) electrons. The highest BCUT2D eigenvalue weighted by Crippen LogP contribution is 2.30. The number of aromatic nitrogens is 2. The van der Waals surface area contributed by atoms with Crippen molar-refractivity contribution in [3.8, 4) is 0 Å². The van der Waals surface area contributed by atoms with E-state index in [2.05, 4.69) is 27.2 Å². The first-order chi connectivity index (χ1) is 12.5. The van der Waals surface area contributed by atoms with Crippen LogP contribution < -0.4 is 10.6 Å². The Hall–Kier alpha value is -2.70. The van der Waals surface area contributed by atoms with Crippen LogP contribution in [0.4, 0.5) is 5.82 Å². The molecule has 2 fully saturated rings. The third-order valence-corrected chi connectivity index (χ3v) is 5.62. The van der Waals surface area contributed by atoms with Crippen LogP contribution in [0.5, 0.6) is 0 Å². The van der Waals surface area contributed by atoms with Gasteiger partial charge < -0.3 is 15.5 Å². The number of fused-ring (bicyclic) bond motifs is 1. The van der Waals surface area contributed by atoms with Crippen LogP contribution in [0.25, 0.3) is 10.8 Å². The van der Waals surface area contributed by atoms with Crippen molar-refractivity contribution >= 4 is 28.4 Å². The van der Waals surface area contributed by atoms with Gasteiger partial charge in [0, 0.05) is 42.9 Å². The number of aryl methyl sites for hydroxylation is 1. The van der Waals surface area contributed by atoms with Gasteiger partial charge in [0.15, 0.2) is 5.82 Å². The lowest BCUT2D eigenvalue weighted by atomic mass is 10.0. The second kappa shape index (κ2) is 6.55. The van der Waals surface area contributed by atoms with Crippen LogP contribution in [0, 0.1) is 12.8 Å². The molecule has 4 rings (SSSR count). The first-order valence-electron chi connectivity index (χ1n) is 9.10. The van der Waals surface area contributed by atoms with Gasteiger partial charge in [0.05, 0.1) is 11.6 Å². The molecule has 1 unspecified atom stereocenters. The van der Waals surface area contributed by atoms with E-state index in [1.165, 1.54) is 0 Å². The van der Waals surface area contributed by atoms with Gasteiger partial charge >= 0.3 is 0 Å². The van der Waals surface area contributed by atoms with Crippen LogP contribution in [0.3, 0.4) is 0 Å². The van der Waals surface area contributed by atoms with E-state index in [1.807, 2.05) is 24.0 Å². The summed E-state index contributed by atoms with van der Waals surface area (Å²) in [5.41, 5.74) is 6.30. The molecular weight excluding hydrogens is 330 g/mol. The molecule has 0 aliphatic carbocycles. The minimum absolute atomic E-state index is 0.0489. The van der Waals surface area contributed by atoms with Crippen LogP contribution in [-0.2, 0) is 9.59 Å². The largest absolute Gasteiger partial charge is 0.369 e. The molecule has 0 bridgehead atoms. The third kappa shape index (κ3) is 2.87. The summed E-state index contributed by atoms with van der Waals surface area (Å²) >= 11 is 0. The second-order valence-electron chi connectivity index (χ2n) is 7.22. The normalized spacial score (nSPS) is 21.6. The van der Waals surface area contributed by atoms with E-state index in [0.29, 0.717) is 6.54 Å². The summed E-state index contributed by atoms with van der Waals surface area (Å²) < 4.78 is 0. The number of likely N-dealkylation sites (tertiary alicyclic amines) is 1. The predicted molar refractivity (Wildman–Crippen MR) is 98.5 cm³/mol. The van der Waals surface area contributed by atoms with E-state index in [9.17, 15) is 9.59 Å². The molecule has 2 amide bonds. The van der Waals surface area contributed by atoms with Crippen molar-refractivity contribution in [2.45, 2.75) is 32.2 Å². The number of benzene rings is 1. The van der Waals surface area contributed by atoms with Crippen molar-refractivity contribution in [1.29, 1.82) is 0 Å². The number of piperidine rings is 1. The molecule has 1 aromatic carbocycles. The number of carbonyl (C=O) groups is 2. The first kappa shape index (κ1) is 16.8. The van der Waals surface area contributed by atoms with Gasteiger partial charge in [-0.1, -0.05) is 24.3 Å². The number of hydrogen-bond acceptors (Lipinski definition) is 5. The molecule has 3 heterocycles. The van der Waals surface area contributed by atoms with E-state index in [0.717, 1.165) is 48.2 Å². The van der Waals surface area contributed by atoms with Crippen molar-refractivity contribution in [3.63, 3.8) is 0 Å². The van der Waals surface area contributed by atoms with Crippen molar-refractivity contribution in [1.82, 2.24) is 15.1 Å². The van der Waals surface area contributed by atoms with Gasteiger partial charge in [-0.05, 0) is 19.8 Å². The highest BCUT2D eigenvalue weighted by atomic mass is 16.2. The van der Waals surface area contributed by atoms with E-state index < -0.39 is 0 Å². The minimum Gasteiger partial charge on any atom is -0.369 e. The van der Waals surface area contributed by atoms with Gasteiger partial charge in [0.2, 0.25) is 11.8 Å². The maximum absolute atomic E-state index is 12.2. The summed E-state index contributed by atoms with van der Waals surface area (Å²) in [4.78, 5) is 27.7. The highest BCUT2D eigenvalue weighted by Gasteiger charge is 2.38.